The number of carbonyl (C=O) groups is 1. The molecule has 4 rings (SSSR count). The molecule has 0 saturated carbocycles. The zero-order valence-electron chi connectivity index (χ0n) is 13.7. The molecule has 24 heavy (non-hydrogen) atoms. The van der Waals surface area contributed by atoms with Gasteiger partial charge in [-0.05, 0) is 17.7 Å². The lowest BCUT2D eigenvalue weighted by Crippen LogP contribution is -2.36. The molecule has 2 aromatic heterocycles. The first-order chi connectivity index (χ1) is 11.7. The number of aromatic amines is 1. The van der Waals surface area contributed by atoms with Crippen LogP contribution in [0.2, 0.25) is 0 Å². The second-order valence-corrected chi connectivity index (χ2v) is 5.88. The molecule has 0 aliphatic carbocycles. The van der Waals surface area contributed by atoms with E-state index in [-0.39, 0.29) is 5.78 Å². The van der Waals surface area contributed by atoms with Gasteiger partial charge in [-0.2, -0.15) is 9.50 Å². The molecule has 0 aliphatic rings. The fourth-order valence-electron chi connectivity index (χ4n) is 3.24. The first-order valence-corrected chi connectivity index (χ1v) is 7.94. The number of benzene rings is 2. The van der Waals surface area contributed by atoms with Gasteiger partial charge in [0, 0.05) is 25.5 Å². The van der Waals surface area contributed by atoms with E-state index in [1.165, 1.54) is 0 Å². The van der Waals surface area contributed by atoms with Gasteiger partial charge in [-0.3, -0.25) is 4.79 Å². The molecular weight excluding hydrogens is 298 g/mol. The van der Waals surface area contributed by atoms with Crippen molar-refractivity contribution in [3.8, 4) is 16.8 Å². The Labute approximate surface area is 140 Å². The van der Waals surface area contributed by atoms with Crippen LogP contribution >= 0.6 is 0 Å². The number of hydrogen-bond acceptors (Lipinski definition) is 1. The van der Waals surface area contributed by atoms with Crippen LogP contribution in [-0.2, 0) is 0 Å². The summed E-state index contributed by atoms with van der Waals surface area (Å²) in [5, 5.41) is 3.39. The highest BCUT2D eigenvalue weighted by atomic mass is 16.1. The Kier molecular flexibility index (Phi) is 3.31. The number of carbonyl (C=O) groups excluding carboxylic acids is 1. The van der Waals surface area contributed by atoms with Crippen molar-refractivity contribution >= 4 is 11.4 Å². The van der Waals surface area contributed by atoms with E-state index in [1.54, 1.807) is 6.92 Å². The number of nitrogens with zero attached hydrogens (tertiary/aromatic N) is 2. The Morgan fingerprint density at radius 3 is 2.25 bits per heavy atom. The molecule has 118 valence electrons. The van der Waals surface area contributed by atoms with E-state index < -0.39 is 0 Å². The number of rotatable bonds is 3. The second kappa shape index (κ2) is 5.49. The molecule has 0 spiro atoms. The summed E-state index contributed by atoms with van der Waals surface area (Å²) in [5.41, 5.74) is 4.65. The largest absolute Gasteiger partial charge is 0.290 e. The van der Waals surface area contributed by atoms with Crippen molar-refractivity contribution in [3.05, 3.63) is 78.2 Å². The summed E-state index contributed by atoms with van der Waals surface area (Å²) in [6, 6.07) is 22.1. The van der Waals surface area contributed by atoms with Crippen molar-refractivity contribution in [2.24, 2.45) is 0 Å². The standard InChI is InChI=1S/C20H17N3O/c1-14(24)20-18(16-9-5-3-6-10-16)13-19-21-23(15(2)22(19)20)17-11-7-4-8-12-17/h3-13H,1-2H3/p+1. The fraction of sp³-hybridized carbons (Fsp3) is 0.100. The van der Waals surface area contributed by atoms with Crippen LogP contribution in [0.3, 0.4) is 0 Å². The highest BCUT2D eigenvalue weighted by Gasteiger charge is 2.27. The van der Waals surface area contributed by atoms with Gasteiger partial charge in [0.2, 0.25) is 5.65 Å². The third kappa shape index (κ3) is 2.15. The zero-order chi connectivity index (χ0) is 16.7. The van der Waals surface area contributed by atoms with E-state index >= 15 is 0 Å². The average Bonchev–Trinajstić information content (AvgIpc) is 3.14. The number of H-pyrrole nitrogens is 1. The number of aromatic nitrogens is 3. The molecule has 0 atom stereocenters. The van der Waals surface area contributed by atoms with Crippen molar-refractivity contribution in [1.29, 1.82) is 0 Å². The normalized spacial score (nSPS) is 11.1. The SMILES string of the molecule is CC(=O)c1c(-c2ccccc2)cc2[nH][n+](-c3ccccc3)c(C)n12. The van der Waals surface area contributed by atoms with Crippen LogP contribution in [0, 0.1) is 6.92 Å². The highest BCUT2D eigenvalue weighted by molar-refractivity contribution is 6.01. The number of nitrogens with one attached hydrogen (secondary N) is 1. The van der Waals surface area contributed by atoms with Crippen molar-refractivity contribution in [3.63, 3.8) is 0 Å². The molecule has 2 aromatic carbocycles. The molecule has 0 radical (unpaired) electrons. The summed E-state index contributed by atoms with van der Waals surface area (Å²) in [7, 11) is 0. The van der Waals surface area contributed by atoms with Crippen LogP contribution in [0.5, 0.6) is 0 Å². The maximum absolute atomic E-state index is 12.4. The Hall–Kier alpha value is -3.14. The average molecular weight is 316 g/mol. The predicted molar refractivity (Wildman–Crippen MR) is 93.5 cm³/mol. The highest BCUT2D eigenvalue weighted by Crippen LogP contribution is 2.28. The fourth-order valence-corrected chi connectivity index (χ4v) is 3.24. The van der Waals surface area contributed by atoms with Gasteiger partial charge in [0.05, 0.1) is 0 Å². The van der Waals surface area contributed by atoms with Crippen LogP contribution in [0.4, 0.5) is 0 Å². The smallest absolute Gasteiger partial charge is 0.284 e. The monoisotopic (exact) mass is 316 g/mol. The Bertz CT molecular complexity index is 1030. The maximum atomic E-state index is 12.4. The first kappa shape index (κ1) is 14.5. The lowest BCUT2D eigenvalue weighted by atomic mass is 10.0. The minimum atomic E-state index is 0.0520. The summed E-state index contributed by atoms with van der Waals surface area (Å²) >= 11 is 0. The van der Waals surface area contributed by atoms with E-state index in [2.05, 4.69) is 5.10 Å². The van der Waals surface area contributed by atoms with Crippen molar-refractivity contribution in [2.45, 2.75) is 13.8 Å². The molecule has 0 fully saturated rings. The number of aryl methyl sites for hydroxylation is 1. The van der Waals surface area contributed by atoms with Crippen LogP contribution < -0.4 is 4.68 Å². The summed E-state index contributed by atoms with van der Waals surface area (Å²) in [6.45, 7) is 3.63. The summed E-state index contributed by atoms with van der Waals surface area (Å²) in [6.07, 6.45) is 0. The molecule has 2 heterocycles. The third-order valence-electron chi connectivity index (χ3n) is 4.31. The maximum Gasteiger partial charge on any atom is 0.284 e. The molecule has 0 bridgehead atoms. The molecule has 0 saturated heterocycles. The van der Waals surface area contributed by atoms with Crippen molar-refractivity contribution in [2.75, 3.05) is 0 Å². The zero-order valence-corrected chi connectivity index (χ0v) is 13.7. The minimum absolute atomic E-state index is 0.0520. The Morgan fingerprint density at radius 2 is 1.62 bits per heavy atom. The van der Waals surface area contributed by atoms with E-state index in [0.29, 0.717) is 5.69 Å². The summed E-state index contributed by atoms with van der Waals surface area (Å²) in [5.74, 6) is 1.01. The molecule has 4 aromatic rings. The van der Waals surface area contributed by atoms with Crippen LogP contribution in [0.15, 0.2) is 66.7 Å². The molecule has 0 unspecified atom stereocenters. The number of para-hydroxylation sites is 1. The lowest BCUT2D eigenvalue weighted by Gasteiger charge is -2.01. The van der Waals surface area contributed by atoms with E-state index in [4.69, 9.17) is 0 Å². The molecule has 4 nitrogen and oxygen atoms in total. The molecule has 0 aliphatic heterocycles. The van der Waals surface area contributed by atoms with Gasteiger partial charge in [-0.15, -0.1) is 4.68 Å². The van der Waals surface area contributed by atoms with Gasteiger partial charge in [-0.1, -0.05) is 48.5 Å². The minimum Gasteiger partial charge on any atom is -0.290 e. The lowest BCUT2D eigenvalue weighted by molar-refractivity contribution is -0.662. The van der Waals surface area contributed by atoms with Crippen molar-refractivity contribution < 1.29 is 9.48 Å². The van der Waals surface area contributed by atoms with Crippen LogP contribution in [-0.4, -0.2) is 15.3 Å². The van der Waals surface area contributed by atoms with Gasteiger partial charge in [-0.25, -0.2) is 0 Å². The van der Waals surface area contributed by atoms with E-state index in [0.717, 1.165) is 28.3 Å². The van der Waals surface area contributed by atoms with Gasteiger partial charge in [0.25, 0.3) is 5.82 Å². The van der Waals surface area contributed by atoms with Gasteiger partial charge >= 0.3 is 0 Å². The van der Waals surface area contributed by atoms with Gasteiger partial charge in [0.1, 0.15) is 0 Å². The van der Waals surface area contributed by atoms with Gasteiger partial charge < -0.3 is 0 Å². The number of Topliss-reactive ketones (excluding diaryl/α,β-unsaturated/α-hetero) is 1. The molecule has 4 heteroatoms. The van der Waals surface area contributed by atoms with Gasteiger partial charge in [0.15, 0.2) is 17.2 Å². The second-order valence-electron chi connectivity index (χ2n) is 5.88. The Morgan fingerprint density at radius 1 is 1.00 bits per heavy atom. The molecule has 0 amide bonds. The van der Waals surface area contributed by atoms with Crippen LogP contribution in [0.1, 0.15) is 23.2 Å². The van der Waals surface area contributed by atoms with E-state index in [1.807, 2.05) is 82.7 Å². The molecule has 1 N–H and O–H groups in total. The molecular formula is C20H18N3O+. The predicted octanol–water partition coefficient (Wildman–Crippen LogP) is 3.72. The quantitative estimate of drug-likeness (QED) is 0.454. The number of ketones is 1. The first-order valence-electron chi connectivity index (χ1n) is 7.94. The summed E-state index contributed by atoms with van der Waals surface area (Å²) < 4.78 is 3.99. The third-order valence-corrected chi connectivity index (χ3v) is 4.31. The van der Waals surface area contributed by atoms with Crippen LogP contribution in [0.25, 0.3) is 22.5 Å². The topological polar surface area (TPSA) is 41.2 Å². The Balaban J connectivity index is 2.00. The number of fused-ring (bicyclic) bond motifs is 1. The van der Waals surface area contributed by atoms with E-state index in [9.17, 15) is 4.79 Å². The van der Waals surface area contributed by atoms with Crippen molar-refractivity contribution in [1.82, 2.24) is 9.50 Å². The number of hydrogen-bond donors (Lipinski definition) is 1. The summed E-state index contributed by atoms with van der Waals surface area (Å²) in [4.78, 5) is 12.4.